The Labute approximate surface area is 196 Å². The van der Waals surface area contributed by atoms with Crippen molar-refractivity contribution < 1.29 is 17.9 Å². The second-order valence-corrected chi connectivity index (χ2v) is 7.62. The van der Waals surface area contributed by atoms with Crippen LogP contribution < -0.4 is 10.4 Å². The van der Waals surface area contributed by atoms with Crippen LogP contribution in [0, 0.1) is 0 Å². The molecule has 0 amide bonds. The lowest BCUT2D eigenvalue weighted by Gasteiger charge is -2.11. The van der Waals surface area contributed by atoms with E-state index in [-0.39, 0.29) is 6.54 Å². The van der Waals surface area contributed by atoms with Gasteiger partial charge in [-0.3, -0.25) is 9.97 Å². The summed E-state index contributed by atoms with van der Waals surface area (Å²) in [5, 5.41) is 8.79. The number of hydrogen-bond donors (Lipinski definition) is 0. The zero-order chi connectivity index (χ0) is 24.6. The van der Waals surface area contributed by atoms with E-state index in [1.54, 1.807) is 37.8 Å². The number of alkyl halides is 3. The summed E-state index contributed by atoms with van der Waals surface area (Å²) in [6.07, 6.45) is 1.39. The van der Waals surface area contributed by atoms with Gasteiger partial charge in [-0.1, -0.05) is 18.2 Å². The first-order valence-corrected chi connectivity index (χ1v) is 10.4. The van der Waals surface area contributed by atoms with Gasteiger partial charge in [-0.25, -0.2) is 9.48 Å². The Morgan fingerprint density at radius 3 is 2.31 bits per heavy atom. The molecule has 4 heterocycles. The summed E-state index contributed by atoms with van der Waals surface area (Å²) < 4.78 is 46.0. The number of ether oxygens (including phenoxy) is 1. The number of fused-ring (bicyclic) bond motifs is 1. The van der Waals surface area contributed by atoms with Crippen molar-refractivity contribution in [2.45, 2.75) is 12.7 Å². The molecular formula is C24H17F3N6O2. The molecule has 0 N–H and O–H groups in total. The predicted molar refractivity (Wildman–Crippen MR) is 121 cm³/mol. The van der Waals surface area contributed by atoms with Crippen molar-refractivity contribution in [3.8, 4) is 28.0 Å². The summed E-state index contributed by atoms with van der Waals surface area (Å²) >= 11 is 0. The van der Waals surface area contributed by atoms with Crippen LogP contribution in [0.2, 0.25) is 0 Å². The predicted octanol–water partition coefficient (Wildman–Crippen LogP) is 4.09. The van der Waals surface area contributed by atoms with Crippen LogP contribution in [0.5, 0.6) is 5.75 Å². The first-order chi connectivity index (χ1) is 16.8. The third-order valence-corrected chi connectivity index (χ3v) is 5.43. The van der Waals surface area contributed by atoms with E-state index in [1.165, 1.54) is 10.6 Å². The molecule has 0 bridgehead atoms. The maximum Gasteiger partial charge on any atom is 0.433 e. The van der Waals surface area contributed by atoms with Crippen molar-refractivity contribution in [2.24, 2.45) is 0 Å². The maximum absolute atomic E-state index is 13.0. The molecule has 5 aromatic rings. The lowest BCUT2D eigenvalue weighted by molar-refractivity contribution is -0.141. The minimum absolute atomic E-state index is 0.0685. The Balaban J connectivity index is 1.64. The van der Waals surface area contributed by atoms with E-state index in [0.29, 0.717) is 22.5 Å². The molecule has 0 spiro atoms. The van der Waals surface area contributed by atoms with Crippen LogP contribution in [0.15, 0.2) is 78.1 Å². The monoisotopic (exact) mass is 478 g/mol. The molecule has 0 unspecified atom stereocenters. The topological polar surface area (TPSA) is 87.2 Å². The molecule has 176 valence electrons. The van der Waals surface area contributed by atoms with Gasteiger partial charge >= 0.3 is 11.9 Å². The molecule has 35 heavy (non-hydrogen) atoms. The van der Waals surface area contributed by atoms with Crippen molar-refractivity contribution in [1.29, 1.82) is 0 Å². The Hall–Kier alpha value is -4.54. The molecule has 0 radical (unpaired) electrons. The third-order valence-electron chi connectivity index (χ3n) is 5.43. The lowest BCUT2D eigenvalue weighted by Crippen LogP contribution is -2.23. The highest BCUT2D eigenvalue weighted by atomic mass is 19.4. The molecule has 0 saturated heterocycles. The zero-order valence-electron chi connectivity index (χ0n) is 18.3. The number of methoxy groups -OCH3 is 1. The normalized spacial score (nSPS) is 11.7. The van der Waals surface area contributed by atoms with Crippen LogP contribution >= 0.6 is 0 Å². The van der Waals surface area contributed by atoms with Gasteiger partial charge in [0.25, 0.3) is 0 Å². The van der Waals surface area contributed by atoms with Gasteiger partial charge in [0.2, 0.25) is 0 Å². The SMILES string of the molecule is COc1ccc(-c2cnn3c(=O)n(Cc4ccc(C(F)(F)F)nc4)nc3c2-c2ccncc2)cc1. The van der Waals surface area contributed by atoms with Crippen LogP contribution in [0.25, 0.3) is 27.9 Å². The van der Waals surface area contributed by atoms with Crippen LogP contribution in [0.1, 0.15) is 11.3 Å². The molecule has 4 aromatic heterocycles. The number of benzene rings is 1. The molecule has 0 aliphatic rings. The Morgan fingerprint density at radius 1 is 0.943 bits per heavy atom. The van der Waals surface area contributed by atoms with Crippen LogP contribution in [0.4, 0.5) is 13.2 Å². The smallest absolute Gasteiger partial charge is 0.433 e. The lowest BCUT2D eigenvalue weighted by atomic mass is 9.97. The Kier molecular flexibility index (Phi) is 5.51. The van der Waals surface area contributed by atoms with Gasteiger partial charge in [-0.05, 0) is 47.0 Å². The fourth-order valence-corrected chi connectivity index (χ4v) is 3.71. The standard InChI is InChI=1S/C24H17F3N6O2/c1-35-18-5-3-16(4-6-18)19-13-30-33-22(21(19)17-8-10-28-11-9-17)31-32(23(33)34)14-15-2-7-20(29-12-15)24(25,26)27/h2-13H,14H2,1H3. The summed E-state index contributed by atoms with van der Waals surface area (Å²) in [6.45, 7) is -0.0685. The number of hydrogen-bond acceptors (Lipinski definition) is 6. The largest absolute Gasteiger partial charge is 0.497 e. The second-order valence-electron chi connectivity index (χ2n) is 7.62. The summed E-state index contributed by atoms with van der Waals surface area (Å²) in [4.78, 5) is 20.6. The number of halogens is 3. The van der Waals surface area contributed by atoms with Crippen LogP contribution in [0.3, 0.4) is 0 Å². The van der Waals surface area contributed by atoms with Gasteiger partial charge in [-0.15, -0.1) is 5.10 Å². The van der Waals surface area contributed by atoms with Crippen LogP contribution in [-0.2, 0) is 12.7 Å². The zero-order valence-corrected chi connectivity index (χ0v) is 18.3. The average molecular weight is 478 g/mol. The quantitative estimate of drug-likeness (QED) is 0.378. The highest BCUT2D eigenvalue weighted by Crippen LogP contribution is 2.34. The van der Waals surface area contributed by atoms with Gasteiger partial charge in [0.05, 0.1) is 19.9 Å². The van der Waals surface area contributed by atoms with E-state index in [4.69, 9.17) is 4.74 Å². The summed E-state index contributed by atoms with van der Waals surface area (Å²) in [6, 6.07) is 13.1. The maximum atomic E-state index is 13.0. The first-order valence-electron chi connectivity index (χ1n) is 10.4. The van der Waals surface area contributed by atoms with Crippen molar-refractivity contribution in [2.75, 3.05) is 7.11 Å². The summed E-state index contributed by atoms with van der Waals surface area (Å²) in [5.41, 5.74) is 2.16. The van der Waals surface area contributed by atoms with Gasteiger partial charge < -0.3 is 4.74 Å². The van der Waals surface area contributed by atoms with Crippen molar-refractivity contribution in [3.63, 3.8) is 0 Å². The van der Waals surface area contributed by atoms with E-state index in [0.717, 1.165) is 33.6 Å². The van der Waals surface area contributed by atoms with Crippen LogP contribution in [-0.4, -0.2) is 36.5 Å². The molecule has 1 aromatic carbocycles. The number of pyridine rings is 2. The van der Waals surface area contributed by atoms with E-state index in [9.17, 15) is 18.0 Å². The molecule has 8 nitrogen and oxygen atoms in total. The van der Waals surface area contributed by atoms with E-state index in [1.807, 2.05) is 24.3 Å². The molecular weight excluding hydrogens is 461 g/mol. The van der Waals surface area contributed by atoms with Crippen molar-refractivity contribution >= 4 is 5.65 Å². The minimum atomic E-state index is -4.54. The minimum Gasteiger partial charge on any atom is -0.497 e. The van der Waals surface area contributed by atoms with Crippen molar-refractivity contribution in [1.82, 2.24) is 29.4 Å². The summed E-state index contributed by atoms with van der Waals surface area (Å²) in [5.74, 6) is 0.693. The molecule has 0 fully saturated rings. The Morgan fingerprint density at radius 2 is 1.69 bits per heavy atom. The fraction of sp³-hybridized carbons (Fsp3) is 0.125. The fourth-order valence-electron chi connectivity index (χ4n) is 3.71. The molecule has 5 rings (SSSR count). The van der Waals surface area contributed by atoms with E-state index in [2.05, 4.69) is 20.2 Å². The van der Waals surface area contributed by atoms with Gasteiger partial charge in [-0.2, -0.15) is 22.8 Å². The molecule has 11 heteroatoms. The highest BCUT2D eigenvalue weighted by Gasteiger charge is 2.32. The van der Waals surface area contributed by atoms with Gasteiger partial charge in [0.15, 0.2) is 5.65 Å². The van der Waals surface area contributed by atoms with Gasteiger partial charge in [0, 0.05) is 29.7 Å². The third kappa shape index (κ3) is 4.23. The van der Waals surface area contributed by atoms with E-state index >= 15 is 0 Å². The number of aromatic nitrogens is 6. The Bertz CT molecular complexity index is 1540. The van der Waals surface area contributed by atoms with E-state index < -0.39 is 17.6 Å². The molecule has 0 saturated carbocycles. The molecule has 0 aliphatic carbocycles. The number of rotatable bonds is 5. The second kappa shape index (κ2) is 8.67. The average Bonchev–Trinajstić information content (AvgIpc) is 3.19. The van der Waals surface area contributed by atoms with Crippen molar-refractivity contribution in [3.05, 3.63) is 95.1 Å². The highest BCUT2D eigenvalue weighted by molar-refractivity contribution is 5.91. The molecule has 0 atom stereocenters. The summed E-state index contributed by atoms with van der Waals surface area (Å²) in [7, 11) is 1.58. The first kappa shape index (κ1) is 22.3. The molecule has 0 aliphatic heterocycles. The van der Waals surface area contributed by atoms with Gasteiger partial charge in [0.1, 0.15) is 11.4 Å². The number of nitrogens with zero attached hydrogens (tertiary/aromatic N) is 6.